The SMILES string of the molecule is CCOC(=O)N1CCC2(CC1)N=C(c1ccc(F)cc1)CC(c1cc(Cl)ccc1O)N2. The fraction of sp³-hybridized carbons (Fsp3) is 0.391. The van der Waals surface area contributed by atoms with Crippen LogP contribution >= 0.6 is 11.6 Å². The van der Waals surface area contributed by atoms with Gasteiger partial charge in [-0.25, -0.2) is 9.18 Å². The minimum Gasteiger partial charge on any atom is -0.508 e. The molecule has 1 fully saturated rings. The largest absolute Gasteiger partial charge is 0.508 e. The second kappa shape index (κ2) is 8.85. The van der Waals surface area contributed by atoms with Gasteiger partial charge < -0.3 is 14.7 Å². The van der Waals surface area contributed by atoms with Crippen molar-refractivity contribution in [2.24, 2.45) is 4.99 Å². The van der Waals surface area contributed by atoms with Crippen LogP contribution in [0.5, 0.6) is 5.75 Å². The van der Waals surface area contributed by atoms with Crippen molar-refractivity contribution in [3.63, 3.8) is 0 Å². The number of carbonyl (C=O) groups excluding carboxylic acids is 1. The topological polar surface area (TPSA) is 74.2 Å². The lowest BCUT2D eigenvalue weighted by atomic mass is 9.87. The lowest BCUT2D eigenvalue weighted by molar-refractivity contribution is 0.0778. The van der Waals surface area contributed by atoms with Gasteiger partial charge in [0.05, 0.1) is 6.61 Å². The van der Waals surface area contributed by atoms with Crippen molar-refractivity contribution in [3.8, 4) is 5.75 Å². The van der Waals surface area contributed by atoms with Crippen LogP contribution in [0.1, 0.15) is 43.4 Å². The van der Waals surface area contributed by atoms with Gasteiger partial charge in [0.25, 0.3) is 0 Å². The number of phenolic OH excluding ortho intramolecular Hbond substituents is 1. The van der Waals surface area contributed by atoms with Crippen LogP contribution < -0.4 is 5.32 Å². The Morgan fingerprint density at radius 3 is 2.68 bits per heavy atom. The normalized spacial score (nSPS) is 20.4. The number of aromatic hydroxyl groups is 1. The van der Waals surface area contributed by atoms with Gasteiger partial charge >= 0.3 is 6.09 Å². The summed E-state index contributed by atoms with van der Waals surface area (Å²) in [6.45, 7) is 3.12. The van der Waals surface area contributed by atoms with Crippen molar-refractivity contribution < 1.29 is 19.0 Å². The summed E-state index contributed by atoms with van der Waals surface area (Å²) in [5, 5.41) is 14.6. The maximum Gasteiger partial charge on any atom is 0.409 e. The quantitative estimate of drug-likeness (QED) is 0.720. The number of benzene rings is 2. The lowest BCUT2D eigenvalue weighted by Crippen LogP contribution is -2.56. The molecular weight excluding hydrogens is 421 g/mol. The summed E-state index contributed by atoms with van der Waals surface area (Å²) in [5.74, 6) is -0.152. The molecule has 0 aromatic heterocycles. The lowest BCUT2D eigenvalue weighted by Gasteiger charge is -2.45. The molecule has 1 spiro atoms. The van der Waals surface area contributed by atoms with E-state index < -0.39 is 5.66 Å². The predicted octanol–water partition coefficient (Wildman–Crippen LogP) is 4.66. The van der Waals surface area contributed by atoms with Crippen LogP contribution in [0, 0.1) is 5.82 Å². The highest BCUT2D eigenvalue weighted by Gasteiger charge is 2.41. The van der Waals surface area contributed by atoms with Gasteiger partial charge in [-0.15, -0.1) is 0 Å². The number of nitrogens with zero attached hydrogens (tertiary/aromatic N) is 2. The Kier molecular flexibility index (Phi) is 6.16. The summed E-state index contributed by atoms with van der Waals surface area (Å²) >= 11 is 6.20. The molecule has 0 saturated carbocycles. The summed E-state index contributed by atoms with van der Waals surface area (Å²) in [6, 6.07) is 11.0. The first kappa shape index (κ1) is 21.6. The first-order valence-corrected chi connectivity index (χ1v) is 10.8. The van der Waals surface area contributed by atoms with E-state index in [1.165, 1.54) is 12.1 Å². The zero-order valence-corrected chi connectivity index (χ0v) is 18.0. The van der Waals surface area contributed by atoms with E-state index >= 15 is 0 Å². The highest BCUT2D eigenvalue weighted by molar-refractivity contribution is 6.30. The molecule has 1 atom stereocenters. The van der Waals surface area contributed by atoms with E-state index in [1.807, 2.05) is 0 Å². The first-order chi connectivity index (χ1) is 14.9. The Labute approximate surface area is 185 Å². The summed E-state index contributed by atoms with van der Waals surface area (Å²) in [7, 11) is 0. The molecule has 0 aliphatic carbocycles. The number of aliphatic imine (C=N–C) groups is 1. The van der Waals surface area contributed by atoms with Crippen molar-refractivity contribution in [1.82, 2.24) is 10.2 Å². The molecule has 0 bridgehead atoms. The third-order valence-electron chi connectivity index (χ3n) is 5.85. The molecule has 31 heavy (non-hydrogen) atoms. The number of halogens is 2. The van der Waals surface area contributed by atoms with Crippen LogP contribution in [-0.2, 0) is 4.74 Å². The van der Waals surface area contributed by atoms with Crippen LogP contribution in [0.4, 0.5) is 9.18 Å². The second-order valence-electron chi connectivity index (χ2n) is 7.89. The van der Waals surface area contributed by atoms with E-state index in [9.17, 15) is 14.3 Å². The van der Waals surface area contributed by atoms with Gasteiger partial charge in [0.2, 0.25) is 0 Å². The van der Waals surface area contributed by atoms with Gasteiger partial charge in [-0.1, -0.05) is 23.7 Å². The fourth-order valence-electron chi connectivity index (χ4n) is 4.25. The zero-order valence-electron chi connectivity index (χ0n) is 17.3. The van der Waals surface area contributed by atoms with Gasteiger partial charge in [0.15, 0.2) is 0 Å². The van der Waals surface area contributed by atoms with E-state index in [-0.39, 0.29) is 23.7 Å². The van der Waals surface area contributed by atoms with Crippen LogP contribution in [-0.4, -0.2) is 47.2 Å². The maximum atomic E-state index is 13.5. The minimum atomic E-state index is -0.607. The Morgan fingerprint density at radius 1 is 1.29 bits per heavy atom. The maximum absolute atomic E-state index is 13.5. The van der Waals surface area contributed by atoms with Gasteiger partial charge in [0.1, 0.15) is 17.2 Å². The number of piperidine rings is 1. The molecule has 1 unspecified atom stereocenters. The highest BCUT2D eigenvalue weighted by atomic mass is 35.5. The molecule has 2 heterocycles. The van der Waals surface area contributed by atoms with Crippen molar-refractivity contribution in [3.05, 3.63) is 64.4 Å². The van der Waals surface area contributed by atoms with Crippen molar-refractivity contribution in [2.45, 2.75) is 37.9 Å². The molecule has 2 aliphatic rings. The van der Waals surface area contributed by atoms with E-state index in [4.69, 9.17) is 21.3 Å². The van der Waals surface area contributed by atoms with Crippen LogP contribution in [0.25, 0.3) is 0 Å². The molecule has 8 heteroatoms. The highest BCUT2D eigenvalue weighted by Crippen LogP contribution is 2.38. The average Bonchev–Trinajstić information content (AvgIpc) is 2.76. The molecule has 0 radical (unpaired) electrons. The molecule has 2 aromatic rings. The van der Waals surface area contributed by atoms with Crippen molar-refractivity contribution in [2.75, 3.05) is 19.7 Å². The second-order valence-corrected chi connectivity index (χ2v) is 8.32. The Balaban J connectivity index is 1.66. The number of rotatable bonds is 3. The smallest absolute Gasteiger partial charge is 0.409 e. The fourth-order valence-corrected chi connectivity index (χ4v) is 4.43. The first-order valence-electron chi connectivity index (χ1n) is 10.4. The van der Waals surface area contributed by atoms with E-state index in [0.717, 1.165) is 11.3 Å². The monoisotopic (exact) mass is 445 g/mol. The summed E-state index contributed by atoms with van der Waals surface area (Å²) in [6.07, 6.45) is 1.38. The van der Waals surface area contributed by atoms with Crippen molar-refractivity contribution in [1.29, 1.82) is 0 Å². The molecule has 164 valence electrons. The van der Waals surface area contributed by atoms with E-state index in [2.05, 4.69) is 5.32 Å². The number of nitrogens with one attached hydrogen (secondary N) is 1. The summed E-state index contributed by atoms with van der Waals surface area (Å²) in [4.78, 5) is 18.8. The predicted molar refractivity (Wildman–Crippen MR) is 117 cm³/mol. The number of amides is 1. The third kappa shape index (κ3) is 4.67. The summed E-state index contributed by atoms with van der Waals surface area (Å²) in [5.41, 5.74) is 1.74. The van der Waals surface area contributed by atoms with Crippen LogP contribution in [0.2, 0.25) is 5.02 Å². The third-order valence-corrected chi connectivity index (χ3v) is 6.08. The number of likely N-dealkylation sites (tertiary alicyclic amines) is 1. The average molecular weight is 446 g/mol. The minimum absolute atomic E-state index is 0.154. The molecule has 1 saturated heterocycles. The molecule has 4 rings (SSSR count). The molecule has 6 nitrogen and oxygen atoms in total. The molecule has 2 N–H and O–H groups in total. The van der Waals surface area contributed by atoms with E-state index in [0.29, 0.717) is 49.5 Å². The summed E-state index contributed by atoms with van der Waals surface area (Å²) < 4.78 is 18.6. The van der Waals surface area contributed by atoms with E-state index in [1.54, 1.807) is 42.2 Å². The molecular formula is C23H25ClFN3O3. The van der Waals surface area contributed by atoms with Crippen LogP contribution in [0.15, 0.2) is 47.5 Å². The molecule has 2 aliphatic heterocycles. The Hall–Kier alpha value is -2.64. The van der Waals surface area contributed by atoms with Gasteiger partial charge in [0, 0.05) is 54.7 Å². The van der Waals surface area contributed by atoms with Crippen molar-refractivity contribution >= 4 is 23.4 Å². The number of phenols is 1. The zero-order chi connectivity index (χ0) is 22.0. The van der Waals surface area contributed by atoms with Gasteiger partial charge in [-0.2, -0.15) is 0 Å². The molecule has 1 amide bonds. The van der Waals surface area contributed by atoms with Gasteiger partial charge in [-0.05, 0) is 42.8 Å². The Morgan fingerprint density at radius 2 is 2.00 bits per heavy atom. The number of hydrogen-bond donors (Lipinski definition) is 2. The molecule has 2 aromatic carbocycles. The Bertz CT molecular complexity index is 988. The standard InChI is InChI=1S/C23H25ClFN3O3/c1-2-31-22(30)28-11-9-23(10-12-28)26-19(15-3-6-17(25)7-4-15)14-20(27-23)18-13-16(24)5-8-21(18)29/h3-8,13,20,27,29H,2,9-12,14H2,1H3. The number of hydrogen-bond acceptors (Lipinski definition) is 5. The van der Waals surface area contributed by atoms with Crippen LogP contribution in [0.3, 0.4) is 0 Å². The number of ether oxygens (including phenoxy) is 1. The van der Waals surface area contributed by atoms with Gasteiger partial charge in [-0.3, -0.25) is 10.3 Å². The number of carbonyl (C=O) groups is 1.